The number of aryl methyl sites for hydroxylation is 1. The number of halogens is 2. The molecule has 0 atom stereocenters. The highest BCUT2D eigenvalue weighted by molar-refractivity contribution is 7.22. The van der Waals surface area contributed by atoms with Crippen LogP contribution in [0.25, 0.3) is 10.2 Å². The standard InChI is InChI=1S/C14H9ClFN3OS/c1-7-2-3-10-11(4-7)21-14(18-10)19-13(20)9-5-8(16)6-17-12(9)15/h2-6H,1H3,(H,18,19,20). The Morgan fingerprint density at radius 1 is 1.38 bits per heavy atom. The molecule has 0 aliphatic carbocycles. The second-order valence-corrected chi connectivity index (χ2v) is 5.82. The number of anilines is 1. The van der Waals surface area contributed by atoms with E-state index >= 15 is 0 Å². The first kappa shape index (κ1) is 13.9. The molecule has 1 N–H and O–H groups in total. The van der Waals surface area contributed by atoms with Gasteiger partial charge in [0.1, 0.15) is 11.0 Å². The van der Waals surface area contributed by atoms with Gasteiger partial charge < -0.3 is 0 Å². The molecule has 7 heteroatoms. The Balaban J connectivity index is 1.90. The van der Waals surface area contributed by atoms with E-state index in [0.717, 1.165) is 28.0 Å². The van der Waals surface area contributed by atoms with Gasteiger partial charge in [-0.1, -0.05) is 29.0 Å². The van der Waals surface area contributed by atoms with Gasteiger partial charge in [0.15, 0.2) is 5.13 Å². The van der Waals surface area contributed by atoms with E-state index in [9.17, 15) is 9.18 Å². The maximum atomic E-state index is 13.1. The van der Waals surface area contributed by atoms with E-state index in [4.69, 9.17) is 11.6 Å². The predicted octanol–water partition coefficient (Wildman–Crippen LogP) is 4.04. The highest BCUT2D eigenvalue weighted by Crippen LogP contribution is 2.27. The minimum Gasteiger partial charge on any atom is -0.298 e. The van der Waals surface area contributed by atoms with Gasteiger partial charge in [0.2, 0.25) is 0 Å². The Bertz CT molecular complexity index is 849. The van der Waals surface area contributed by atoms with Crippen molar-refractivity contribution < 1.29 is 9.18 Å². The lowest BCUT2D eigenvalue weighted by Gasteiger charge is -2.03. The molecule has 1 amide bonds. The molecule has 0 radical (unpaired) electrons. The average molecular weight is 322 g/mol. The summed E-state index contributed by atoms with van der Waals surface area (Å²) in [4.78, 5) is 20.0. The van der Waals surface area contributed by atoms with Gasteiger partial charge in [0.25, 0.3) is 5.91 Å². The fraction of sp³-hybridized carbons (Fsp3) is 0.0714. The van der Waals surface area contributed by atoms with Crippen LogP contribution in [0.5, 0.6) is 0 Å². The van der Waals surface area contributed by atoms with Gasteiger partial charge in [-0.05, 0) is 30.7 Å². The van der Waals surface area contributed by atoms with Gasteiger partial charge in [0.05, 0.1) is 22.0 Å². The van der Waals surface area contributed by atoms with Crippen LogP contribution in [-0.2, 0) is 0 Å². The van der Waals surface area contributed by atoms with Crippen molar-refractivity contribution in [3.63, 3.8) is 0 Å². The number of aromatic nitrogens is 2. The van der Waals surface area contributed by atoms with E-state index < -0.39 is 11.7 Å². The van der Waals surface area contributed by atoms with Crippen LogP contribution in [0.3, 0.4) is 0 Å². The Morgan fingerprint density at radius 2 is 2.19 bits per heavy atom. The van der Waals surface area contributed by atoms with Crippen LogP contribution in [0.2, 0.25) is 5.15 Å². The number of pyridine rings is 1. The molecule has 0 aliphatic heterocycles. The smallest absolute Gasteiger partial charge is 0.260 e. The van der Waals surface area contributed by atoms with Crippen molar-refractivity contribution in [3.05, 3.63) is 52.6 Å². The monoisotopic (exact) mass is 321 g/mol. The van der Waals surface area contributed by atoms with Crippen LogP contribution in [0.4, 0.5) is 9.52 Å². The summed E-state index contributed by atoms with van der Waals surface area (Å²) in [7, 11) is 0. The van der Waals surface area contributed by atoms with Crippen LogP contribution < -0.4 is 5.32 Å². The van der Waals surface area contributed by atoms with Crippen molar-refractivity contribution in [1.82, 2.24) is 9.97 Å². The Kier molecular flexibility index (Phi) is 3.57. The zero-order valence-corrected chi connectivity index (χ0v) is 12.4. The number of hydrogen-bond donors (Lipinski definition) is 1. The molecule has 0 aliphatic rings. The largest absolute Gasteiger partial charge is 0.298 e. The Morgan fingerprint density at radius 3 is 3.00 bits per heavy atom. The van der Waals surface area contributed by atoms with Crippen molar-refractivity contribution in [2.75, 3.05) is 5.32 Å². The lowest BCUT2D eigenvalue weighted by atomic mass is 10.2. The molecule has 0 saturated carbocycles. The molecule has 21 heavy (non-hydrogen) atoms. The predicted molar refractivity (Wildman–Crippen MR) is 81.5 cm³/mol. The maximum Gasteiger partial charge on any atom is 0.260 e. The molecule has 0 fully saturated rings. The van der Waals surface area contributed by atoms with E-state index in [2.05, 4.69) is 15.3 Å². The van der Waals surface area contributed by atoms with E-state index in [1.54, 1.807) is 0 Å². The maximum absolute atomic E-state index is 13.1. The number of hydrogen-bond acceptors (Lipinski definition) is 4. The van der Waals surface area contributed by atoms with E-state index in [1.807, 2.05) is 25.1 Å². The number of nitrogens with zero attached hydrogens (tertiary/aromatic N) is 2. The minimum atomic E-state index is -0.621. The second-order valence-electron chi connectivity index (χ2n) is 4.44. The fourth-order valence-electron chi connectivity index (χ4n) is 1.83. The normalized spacial score (nSPS) is 10.8. The SMILES string of the molecule is Cc1ccc2nc(NC(=O)c3cc(F)cnc3Cl)sc2c1. The van der Waals surface area contributed by atoms with Gasteiger partial charge in [-0.3, -0.25) is 10.1 Å². The molecular formula is C14H9ClFN3OS. The summed E-state index contributed by atoms with van der Waals surface area (Å²) < 4.78 is 14.1. The number of fused-ring (bicyclic) bond motifs is 1. The highest BCUT2D eigenvalue weighted by Gasteiger charge is 2.15. The van der Waals surface area contributed by atoms with Crippen molar-refractivity contribution in [2.45, 2.75) is 6.92 Å². The Labute approximate surface area is 128 Å². The number of amides is 1. The first-order chi connectivity index (χ1) is 10.0. The van der Waals surface area contributed by atoms with Crippen LogP contribution in [0.1, 0.15) is 15.9 Å². The summed E-state index contributed by atoms with van der Waals surface area (Å²) in [5, 5.41) is 2.99. The lowest BCUT2D eigenvalue weighted by molar-refractivity contribution is 0.102. The van der Waals surface area contributed by atoms with Crippen molar-refractivity contribution in [3.8, 4) is 0 Å². The van der Waals surface area contributed by atoms with Gasteiger partial charge in [-0.2, -0.15) is 0 Å². The molecular weight excluding hydrogens is 313 g/mol. The molecule has 3 aromatic rings. The third-order valence-electron chi connectivity index (χ3n) is 2.81. The summed E-state index contributed by atoms with van der Waals surface area (Å²) in [6, 6.07) is 6.86. The molecule has 0 bridgehead atoms. The number of benzene rings is 1. The third-order valence-corrected chi connectivity index (χ3v) is 4.05. The van der Waals surface area contributed by atoms with Crippen molar-refractivity contribution in [1.29, 1.82) is 0 Å². The summed E-state index contributed by atoms with van der Waals surface area (Å²) in [6.07, 6.45) is 0.958. The Hall–Kier alpha value is -2.05. The van der Waals surface area contributed by atoms with Crippen LogP contribution in [0.15, 0.2) is 30.5 Å². The van der Waals surface area contributed by atoms with E-state index in [-0.39, 0.29) is 10.7 Å². The second kappa shape index (κ2) is 5.38. The number of carbonyl (C=O) groups excluding carboxylic acids is 1. The van der Waals surface area contributed by atoms with Gasteiger partial charge in [-0.25, -0.2) is 14.4 Å². The average Bonchev–Trinajstić information content (AvgIpc) is 2.82. The molecule has 2 aromatic heterocycles. The minimum absolute atomic E-state index is 0.0212. The molecule has 1 aromatic carbocycles. The van der Waals surface area contributed by atoms with Gasteiger partial charge in [-0.15, -0.1) is 0 Å². The molecule has 0 spiro atoms. The molecule has 0 saturated heterocycles. The molecule has 106 valence electrons. The molecule has 0 unspecified atom stereocenters. The molecule has 2 heterocycles. The lowest BCUT2D eigenvalue weighted by Crippen LogP contribution is -2.13. The number of rotatable bonds is 2. The van der Waals surface area contributed by atoms with E-state index in [1.165, 1.54) is 11.3 Å². The van der Waals surface area contributed by atoms with Crippen LogP contribution >= 0.6 is 22.9 Å². The van der Waals surface area contributed by atoms with Gasteiger partial charge in [0, 0.05) is 0 Å². The zero-order valence-electron chi connectivity index (χ0n) is 10.9. The van der Waals surface area contributed by atoms with Crippen molar-refractivity contribution in [2.24, 2.45) is 0 Å². The summed E-state index contributed by atoms with van der Waals surface area (Å²) in [5.41, 5.74) is 1.89. The number of carbonyl (C=O) groups is 1. The quantitative estimate of drug-likeness (QED) is 0.725. The van der Waals surface area contributed by atoms with Crippen LogP contribution in [0, 0.1) is 12.7 Å². The zero-order chi connectivity index (χ0) is 15.0. The summed E-state index contributed by atoms with van der Waals surface area (Å²) in [5.74, 6) is -1.16. The number of nitrogens with one attached hydrogen (secondary N) is 1. The molecule has 4 nitrogen and oxygen atoms in total. The first-order valence-corrected chi connectivity index (χ1v) is 7.22. The van der Waals surface area contributed by atoms with Crippen molar-refractivity contribution >= 4 is 44.2 Å². The number of thiazole rings is 1. The summed E-state index contributed by atoms with van der Waals surface area (Å²) in [6.45, 7) is 1.98. The molecule has 3 rings (SSSR count). The van der Waals surface area contributed by atoms with Gasteiger partial charge >= 0.3 is 0 Å². The fourth-order valence-corrected chi connectivity index (χ4v) is 2.98. The topological polar surface area (TPSA) is 54.9 Å². The van der Waals surface area contributed by atoms with Crippen LogP contribution in [-0.4, -0.2) is 15.9 Å². The highest BCUT2D eigenvalue weighted by atomic mass is 35.5. The van der Waals surface area contributed by atoms with E-state index in [0.29, 0.717) is 5.13 Å². The first-order valence-electron chi connectivity index (χ1n) is 6.02. The summed E-state index contributed by atoms with van der Waals surface area (Å²) >= 11 is 7.15. The third kappa shape index (κ3) is 2.86.